The summed E-state index contributed by atoms with van der Waals surface area (Å²) in [6.07, 6.45) is 2.89. The standard InChI is InChI=1S/C17H25N5O4/c1-2-26-17(24)22-7-4-13(5-8-22)19-16-18-6-3-14(20-16)15(23)21-9-11-25-12-10-21/h3,6,13H,2,4-5,7-12H2,1H3,(H,18,19,20). The van der Waals surface area contributed by atoms with E-state index < -0.39 is 0 Å². The Hall–Kier alpha value is -2.42. The van der Waals surface area contributed by atoms with Crippen molar-refractivity contribution in [2.45, 2.75) is 25.8 Å². The number of amides is 2. The number of anilines is 1. The van der Waals surface area contributed by atoms with Gasteiger partial charge in [-0.15, -0.1) is 0 Å². The molecule has 0 aliphatic carbocycles. The Bertz CT molecular complexity index is 627. The highest BCUT2D eigenvalue weighted by molar-refractivity contribution is 5.92. The van der Waals surface area contributed by atoms with Crippen molar-refractivity contribution in [3.8, 4) is 0 Å². The van der Waals surface area contributed by atoms with Crippen LogP contribution in [0.3, 0.4) is 0 Å². The summed E-state index contributed by atoms with van der Waals surface area (Å²) in [6.45, 7) is 5.72. The monoisotopic (exact) mass is 363 g/mol. The van der Waals surface area contributed by atoms with Crippen molar-refractivity contribution in [1.29, 1.82) is 0 Å². The third-order valence-corrected chi connectivity index (χ3v) is 4.53. The largest absolute Gasteiger partial charge is 0.450 e. The van der Waals surface area contributed by atoms with Crippen molar-refractivity contribution >= 4 is 17.9 Å². The van der Waals surface area contributed by atoms with Gasteiger partial charge in [-0.1, -0.05) is 0 Å². The number of ether oxygens (including phenoxy) is 2. The zero-order chi connectivity index (χ0) is 18.4. The highest BCUT2D eigenvalue weighted by Crippen LogP contribution is 2.15. The van der Waals surface area contributed by atoms with E-state index >= 15 is 0 Å². The third kappa shape index (κ3) is 4.60. The Balaban J connectivity index is 1.54. The SMILES string of the molecule is CCOC(=O)N1CCC(Nc2nccc(C(=O)N3CCOCC3)n2)CC1. The van der Waals surface area contributed by atoms with E-state index in [0.717, 1.165) is 12.8 Å². The van der Waals surface area contributed by atoms with Crippen molar-refractivity contribution in [3.05, 3.63) is 18.0 Å². The van der Waals surface area contributed by atoms with Crippen LogP contribution in [0, 0.1) is 0 Å². The summed E-state index contributed by atoms with van der Waals surface area (Å²) < 4.78 is 10.3. The van der Waals surface area contributed by atoms with Gasteiger partial charge in [0.25, 0.3) is 5.91 Å². The van der Waals surface area contributed by atoms with Gasteiger partial charge in [0.05, 0.1) is 19.8 Å². The number of carbonyl (C=O) groups is 2. The van der Waals surface area contributed by atoms with Crippen LogP contribution in [-0.2, 0) is 9.47 Å². The number of piperidine rings is 1. The smallest absolute Gasteiger partial charge is 0.409 e. The van der Waals surface area contributed by atoms with E-state index in [1.54, 1.807) is 29.0 Å². The molecule has 3 rings (SSSR count). The Morgan fingerprint density at radius 1 is 1.23 bits per heavy atom. The molecule has 0 unspecified atom stereocenters. The van der Waals surface area contributed by atoms with Crippen LogP contribution in [0.4, 0.5) is 10.7 Å². The predicted molar refractivity (Wildman–Crippen MR) is 94.0 cm³/mol. The molecule has 0 aromatic carbocycles. The molecule has 1 aromatic heterocycles. The zero-order valence-electron chi connectivity index (χ0n) is 15.0. The van der Waals surface area contributed by atoms with Crippen LogP contribution in [0.15, 0.2) is 12.3 Å². The minimum Gasteiger partial charge on any atom is -0.450 e. The maximum absolute atomic E-state index is 12.5. The minimum absolute atomic E-state index is 0.101. The van der Waals surface area contributed by atoms with Gasteiger partial charge >= 0.3 is 6.09 Å². The molecule has 26 heavy (non-hydrogen) atoms. The molecule has 3 heterocycles. The molecule has 2 amide bonds. The molecule has 2 aliphatic heterocycles. The summed E-state index contributed by atoms with van der Waals surface area (Å²) in [5.74, 6) is 0.342. The van der Waals surface area contributed by atoms with Gasteiger partial charge in [0.15, 0.2) is 0 Å². The Labute approximate surface area is 152 Å². The summed E-state index contributed by atoms with van der Waals surface area (Å²) in [6, 6.07) is 1.79. The second-order valence-electron chi connectivity index (χ2n) is 6.27. The molecule has 9 nitrogen and oxygen atoms in total. The molecule has 142 valence electrons. The zero-order valence-corrected chi connectivity index (χ0v) is 15.0. The number of carbonyl (C=O) groups excluding carboxylic acids is 2. The van der Waals surface area contributed by atoms with Crippen LogP contribution in [-0.4, -0.2) is 83.8 Å². The Morgan fingerprint density at radius 2 is 1.96 bits per heavy atom. The summed E-state index contributed by atoms with van der Waals surface area (Å²) in [7, 11) is 0. The minimum atomic E-state index is -0.264. The van der Waals surface area contributed by atoms with Crippen molar-refractivity contribution in [2.24, 2.45) is 0 Å². The van der Waals surface area contributed by atoms with Crippen molar-refractivity contribution in [2.75, 3.05) is 51.3 Å². The molecule has 9 heteroatoms. The highest BCUT2D eigenvalue weighted by atomic mass is 16.6. The van der Waals surface area contributed by atoms with Gasteiger partial charge in [0, 0.05) is 38.4 Å². The second-order valence-corrected chi connectivity index (χ2v) is 6.27. The van der Waals surface area contributed by atoms with Crippen LogP contribution < -0.4 is 5.32 Å². The van der Waals surface area contributed by atoms with Crippen molar-refractivity contribution < 1.29 is 19.1 Å². The van der Waals surface area contributed by atoms with E-state index in [1.165, 1.54) is 0 Å². The van der Waals surface area contributed by atoms with Gasteiger partial charge in [-0.05, 0) is 25.8 Å². The number of morpholine rings is 1. The Morgan fingerprint density at radius 3 is 2.65 bits per heavy atom. The molecule has 0 saturated carbocycles. The van der Waals surface area contributed by atoms with E-state index in [0.29, 0.717) is 57.6 Å². The first-order chi connectivity index (χ1) is 12.7. The van der Waals surface area contributed by atoms with Gasteiger partial charge in [-0.3, -0.25) is 4.79 Å². The Kier molecular flexibility index (Phi) is 6.21. The normalized spacial score (nSPS) is 18.5. The van der Waals surface area contributed by atoms with E-state index in [9.17, 15) is 9.59 Å². The van der Waals surface area contributed by atoms with Crippen LogP contribution >= 0.6 is 0 Å². The van der Waals surface area contributed by atoms with Crippen LogP contribution in [0.1, 0.15) is 30.3 Å². The molecular weight excluding hydrogens is 338 g/mol. The van der Waals surface area contributed by atoms with E-state index in [-0.39, 0.29) is 18.0 Å². The fourth-order valence-electron chi connectivity index (χ4n) is 3.08. The van der Waals surface area contributed by atoms with Gasteiger partial charge in [0.1, 0.15) is 5.69 Å². The summed E-state index contributed by atoms with van der Waals surface area (Å²) in [5.41, 5.74) is 0.383. The van der Waals surface area contributed by atoms with Gasteiger partial charge in [-0.2, -0.15) is 0 Å². The molecule has 1 N–H and O–H groups in total. The number of hydrogen-bond donors (Lipinski definition) is 1. The third-order valence-electron chi connectivity index (χ3n) is 4.53. The summed E-state index contributed by atoms with van der Waals surface area (Å²) in [4.78, 5) is 36.3. The summed E-state index contributed by atoms with van der Waals surface area (Å²) in [5, 5.41) is 3.27. The fourth-order valence-corrected chi connectivity index (χ4v) is 3.08. The molecule has 0 bridgehead atoms. The lowest BCUT2D eigenvalue weighted by molar-refractivity contribution is 0.0299. The van der Waals surface area contributed by atoms with Gasteiger partial charge in [-0.25, -0.2) is 14.8 Å². The van der Waals surface area contributed by atoms with Crippen LogP contribution in [0.5, 0.6) is 0 Å². The van der Waals surface area contributed by atoms with E-state index in [2.05, 4.69) is 15.3 Å². The first-order valence-corrected chi connectivity index (χ1v) is 9.05. The summed E-state index contributed by atoms with van der Waals surface area (Å²) >= 11 is 0. The first-order valence-electron chi connectivity index (χ1n) is 9.05. The quantitative estimate of drug-likeness (QED) is 0.852. The average molecular weight is 363 g/mol. The average Bonchev–Trinajstić information content (AvgIpc) is 2.69. The predicted octanol–water partition coefficient (Wildman–Crippen LogP) is 0.982. The van der Waals surface area contributed by atoms with Gasteiger partial charge < -0.3 is 24.6 Å². The van der Waals surface area contributed by atoms with E-state index in [1.807, 2.05) is 0 Å². The number of rotatable bonds is 4. The number of nitrogens with one attached hydrogen (secondary N) is 1. The lowest BCUT2D eigenvalue weighted by Crippen LogP contribution is -2.43. The number of likely N-dealkylation sites (tertiary alicyclic amines) is 1. The van der Waals surface area contributed by atoms with Crippen LogP contribution in [0.2, 0.25) is 0 Å². The lowest BCUT2D eigenvalue weighted by atomic mass is 10.1. The fraction of sp³-hybridized carbons (Fsp3) is 0.647. The molecule has 0 atom stereocenters. The molecule has 1 aromatic rings. The molecule has 2 aliphatic rings. The highest BCUT2D eigenvalue weighted by Gasteiger charge is 2.25. The first kappa shape index (κ1) is 18.4. The maximum Gasteiger partial charge on any atom is 0.409 e. The number of nitrogens with zero attached hydrogens (tertiary/aromatic N) is 4. The topological polar surface area (TPSA) is 96.9 Å². The molecule has 2 saturated heterocycles. The number of aromatic nitrogens is 2. The van der Waals surface area contributed by atoms with E-state index in [4.69, 9.17) is 9.47 Å². The lowest BCUT2D eigenvalue weighted by Gasteiger charge is -2.31. The maximum atomic E-state index is 12.5. The van der Waals surface area contributed by atoms with Gasteiger partial charge in [0.2, 0.25) is 5.95 Å². The van der Waals surface area contributed by atoms with Crippen molar-refractivity contribution in [3.63, 3.8) is 0 Å². The molecule has 0 radical (unpaired) electrons. The molecular formula is C17H25N5O4. The molecule has 2 fully saturated rings. The number of hydrogen-bond acceptors (Lipinski definition) is 7. The van der Waals surface area contributed by atoms with Crippen LogP contribution in [0.25, 0.3) is 0 Å². The van der Waals surface area contributed by atoms with Crippen molar-refractivity contribution in [1.82, 2.24) is 19.8 Å². The molecule has 0 spiro atoms. The second kappa shape index (κ2) is 8.79.